The Kier molecular flexibility index (Phi) is 16.1. The van der Waals surface area contributed by atoms with Gasteiger partial charge in [-0.3, -0.25) is 9.59 Å². The van der Waals surface area contributed by atoms with Gasteiger partial charge in [0.25, 0.3) is 0 Å². The first kappa shape index (κ1) is 25.4. The van der Waals surface area contributed by atoms with Crippen LogP contribution in [0.4, 0.5) is 0 Å². The molecule has 0 unspecified atom stereocenters. The molecule has 0 N–H and O–H groups in total. The second-order valence-corrected chi connectivity index (χ2v) is 5.81. The van der Waals surface area contributed by atoms with E-state index in [0.717, 1.165) is 12.2 Å². The molecular weight excluding hydrogens is 368 g/mol. The van der Waals surface area contributed by atoms with E-state index in [-0.39, 0.29) is 51.2 Å². The average Bonchev–Trinajstić information content (AvgIpc) is 2.69. The summed E-state index contributed by atoms with van der Waals surface area (Å²) in [6.07, 6.45) is 6.19. The van der Waals surface area contributed by atoms with Crippen molar-refractivity contribution < 1.29 is 38.1 Å². The molecular formula is C20H30O8. The SMILES string of the molecule is C=CC(=O)OCCCCOC(=O)CCCCC(=O)OCCCCOC(=O)C=C. The van der Waals surface area contributed by atoms with Gasteiger partial charge in [-0.2, -0.15) is 0 Å². The van der Waals surface area contributed by atoms with E-state index in [0.29, 0.717) is 38.5 Å². The number of hydrogen-bond donors (Lipinski definition) is 0. The minimum absolute atomic E-state index is 0.243. The quantitative estimate of drug-likeness (QED) is 0.159. The van der Waals surface area contributed by atoms with Gasteiger partial charge in [0.05, 0.1) is 26.4 Å². The number of unbranched alkanes of at least 4 members (excludes halogenated alkanes) is 3. The van der Waals surface area contributed by atoms with Gasteiger partial charge in [0.15, 0.2) is 0 Å². The van der Waals surface area contributed by atoms with E-state index in [1.165, 1.54) is 0 Å². The molecule has 0 aromatic rings. The van der Waals surface area contributed by atoms with E-state index in [4.69, 9.17) is 18.9 Å². The van der Waals surface area contributed by atoms with Crippen molar-refractivity contribution in [2.45, 2.75) is 51.4 Å². The highest BCUT2D eigenvalue weighted by Crippen LogP contribution is 2.04. The van der Waals surface area contributed by atoms with Crippen molar-refractivity contribution in [3.05, 3.63) is 25.3 Å². The first-order valence-electron chi connectivity index (χ1n) is 9.39. The minimum Gasteiger partial charge on any atom is -0.466 e. The molecule has 0 saturated heterocycles. The molecule has 0 amide bonds. The molecule has 0 saturated carbocycles. The summed E-state index contributed by atoms with van der Waals surface area (Å²) in [7, 11) is 0. The molecule has 28 heavy (non-hydrogen) atoms. The van der Waals surface area contributed by atoms with Gasteiger partial charge in [-0.05, 0) is 38.5 Å². The normalized spacial score (nSPS) is 9.86. The average molecular weight is 398 g/mol. The Balaban J connectivity index is 3.43. The van der Waals surface area contributed by atoms with Crippen LogP contribution in [0.1, 0.15) is 51.4 Å². The number of carbonyl (C=O) groups excluding carboxylic acids is 4. The Morgan fingerprint density at radius 2 is 0.857 bits per heavy atom. The van der Waals surface area contributed by atoms with Crippen molar-refractivity contribution in [1.82, 2.24) is 0 Å². The smallest absolute Gasteiger partial charge is 0.330 e. The second kappa shape index (κ2) is 17.8. The van der Waals surface area contributed by atoms with Crippen LogP contribution in [-0.2, 0) is 38.1 Å². The molecule has 0 atom stereocenters. The third-order valence-corrected chi connectivity index (χ3v) is 3.44. The highest BCUT2D eigenvalue weighted by atomic mass is 16.5. The van der Waals surface area contributed by atoms with Crippen LogP contribution < -0.4 is 0 Å². The van der Waals surface area contributed by atoms with Gasteiger partial charge >= 0.3 is 23.9 Å². The molecule has 8 heteroatoms. The van der Waals surface area contributed by atoms with Crippen LogP contribution in [0.15, 0.2) is 25.3 Å². The Morgan fingerprint density at radius 1 is 0.536 bits per heavy atom. The van der Waals surface area contributed by atoms with E-state index in [9.17, 15) is 19.2 Å². The van der Waals surface area contributed by atoms with Gasteiger partial charge in [-0.15, -0.1) is 0 Å². The lowest BCUT2D eigenvalue weighted by molar-refractivity contribution is -0.146. The van der Waals surface area contributed by atoms with Crippen LogP contribution in [0, 0.1) is 0 Å². The molecule has 0 aromatic heterocycles. The van der Waals surface area contributed by atoms with Gasteiger partial charge in [0.1, 0.15) is 0 Å². The van der Waals surface area contributed by atoms with Gasteiger partial charge in [0.2, 0.25) is 0 Å². The molecule has 0 spiro atoms. The van der Waals surface area contributed by atoms with Gasteiger partial charge in [-0.25, -0.2) is 9.59 Å². The van der Waals surface area contributed by atoms with Crippen molar-refractivity contribution >= 4 is 23.9 Å². The van der Waals surface area contributed by atoms with Crippen molar-refractivity contribution in [2.75, 3.05) is 26.4 Å². The molecule has 0 bridgehead atoms. The van der Waals surface area contributed by atoms with Crippen molar-refractivity contribution in [1.29, 1.82) is 0 Å². The molecule has 0 fully saturated rings. The van der Waals surface area contributed by atoms with E-state index >= 15 is 0 Å². The largest absolute Gasteiger partial charge is 0.466 e. The Hall–Kier alpha value is -2.64. The molecule has 8 nitrogen and oxygen atoms in total. The van der Waals surface area contributed by atoms with Crippen molar-refractivity contribution in [3.63, 3.8) is 0 Å². The molecule has 0 heterocycles. The number of ether oxygens (including phenoxy) is 4. The van der Waals surface area contributed by atoms with Crippen molar-refractivity contribution in [3.8, 4) is 0 Å². The maximum absolute atomic E-state index is 11.5. The lowest BCUT2D eigenvalue weighted by Crippen LogP contribution is -2.09. The molecule has 0 aliphatic carbocycles. The third kappa shape index (κ3) is 16.8. The summed E-state index contributed by atoms with van der Waals surface area (Å²) in [5.74, 6) is -1.56. The van der Waals surface area contributed by atoms with Crippen LogP contribution in [0.3, 0.4) is 0 Å². The van der Waals surface area contributed by atoms with Gasteiger partial charge in [-0.1, -0.05) is 13.2 Å². The summed E-state index contributed by atoms with van der Waals surface area (Å²) in [5.41, 5.74) is 0. The van der Waals surface area contributed by atoms with Crippen LogP contribution in [0.5, 0.6) is 0 Å². The van der Waals surface area contributed by atoms with E-state index in [2.05, 4.69) is 13.2 Å². The van der Waals surface area contributed by atoms with Crippen LogP contribution >= 0.6 is 0 Å². The van der Waals surface area contributed by atoms with Crippen molar-refractivity contribution in [2.24, 2.45) is 0 Å². The maximum atomic E-state index is 11.5. The number of rotatable bonds is 17. The summed E-state index contributed by atoms with van der Waals surface area (Å²) >= 11 is 0. The predicted octanol–water partition coefficient (Wildman–Crippen LogP) is 2.65. The van der Waals surface area contributed by atoms with Gasteiger partial charge < -0.3 is 18.9 Å². The number of esters is 4. The highest BCUT2D eigenvalue weighted by molar-refractivity contribution is 5.81. The zero-order valence-corrected chi connectivity index (χ0v) is 16.3. The fourth-order valence-electron chi connectivity index (χ4n) is 1.93. The lowest BCUT2D eigenvalue weighted by Gasteiger charge is -2.06. The first-order valence-corrected chi connectivity index (χ1v) is 9.39. The first-order chi connectivity index (χ1) is 13.5. The topological polar surface area (TPSA) is 105 Å². The van der Waals surface area contributed by atoms with E-state index in [1.807, 2.05) is 0 Å². The summed E-state index contributed by atoms with van der Waals surface area (Å²) < 4.78 is 19.7. The fourth-order valence-corrected chi connectivity index (χ4v) is 1.93. The summed E-state index contributed by atoms with van der Waals surface area (Å²) in [5, 5.41) is 0. The zero-order valence-electron chi connectivity index (χ0n) is 16.3. The fraction of sp³-hybridized carbons (Fsp3) is 0.600. The summed E-state index contributed by atoms with van der Waals surface area (Å²) in [6, 6.07) is 0. The third-order valence-electron chi connectivity index (χ3n) is 3.44. The van der Waals surface area contributed by atoms with E-state index < -0.39 is 11.9 Å². The Morgan fingerprint density at radius 3 is 1.18 bits per heavy atom. The summed E-state index contributed by atoms with van der Waals surface area (Å²) in [6.45, 7) is 7.66. The zero-order chi connectivity index (χ0) is 21.0. The van der Waals surface area contributed by atoms with Crippen LogP contribution in [-0.4, -0.2) is 50.3 Å². The van der Waals surface area contributed by atoms with Crippen LogP contribution in [0.2, 0.25) is 0 Å². The summed E-state index contributed by atoms with van der Waals surface area (Å²) in [4.78, 5) is 44.7. The number of carbonyl (C=O) groups is 4. The molecule has 158 valence electrons. The Bertz CT molecular complexity index is 466. The molecule has 0 rings (SSSR count). The van der Waals surface area contributed by atoms with Crippen LogP contribution in [0.25, 0.3) is 0 Å². The molecule has 0 aliphatic rings. The molecule has 0 radical (unpaired) electrons. The second-order valence-electron chi connectivity index (χ2n) is 5.81. The Labute approximate surface area is 165 Å². The number of hydrogen-bond acceptors (Lipinski definition) is 8. The molecule has 0 aliphatic heterocycles. The standard InChI is InChI=1S/C20H30O8/c1-3-17(21)25-13-7-9-15-27-19(23)11-5-6-12-20(24)28-16-10-8-14-26-18(22)4-2/h3-4H,1-2,5-16H2. The van der Waals surface area contributed by atoms with E-state index in [1.54, 1.807) is 0 Å². The minimum atomic E-state index is -0.468. The highest BCUT2D eigenvalue weighted by Gasteiger charge is 2.06. The van der Waals surface area contributed by atoms with Gasteiger partial charge in [0, 0.05) is 25.0 Å². The monoisotopic (exact) mass is 398 g/mol. The predicted molar refractivity (Wildman–Crippen MR) is 101 cm³/mol. The lowest BCUT2D eigenvalue weighted by atomic mass is 10.2. The molecule has 0 aromatic carbocycles. The maximum Gasteiger partial charge on any atom is 0.330 e.